The predicted octanol–water partition coefficient (Wildman–Crippen LogP) is 7.95. The molecular formula is C38H40F5N3O3S. The number of carbonyl (C=O) groups excluding carboxylic acids is 1. The third kappa shape index (κ3) is 7.87. The Balaban J connectivity index is 1.10. The minimum absolute atomic E-state index is 0.0442. The van der Waals surface area contributed by atoms with Gasteiger partial charge in [-0.25, -0.2) is 8.42 Å². The summed E-state index contributed by atoms with van der Waals surface area (Å²) in [6, 6.07) is 15.7. The van der Waals surface area contributed by atoms with Gasteiger partial charge in [0.1, 0.15) is 0 Å². The molecule has 0 radical (unpaired) electrons. The molecule has 2 aliphatic heterocycles. The first-order valence-corrected chi connectivity index (χ1v) is 18.3. The van der Waals surface area contributed by atoms with Gasteiger partial charge in [0, 0.05) is 49.9 Å². The average Bonchev–Trinajstić information content (AvgIpc) is 3.27. The number of nitrogens with zero attached hydrogens (tertiary/aromatic N) is 2. The van der Waals surface area contributed by atoms with Gasteiger partial charge in [-0.1, -0.05) is 48.0 Å². The highest BCUT2D eigenvalue weighted by Gasteiger charge is 2.35. The molecule has 0 spiro atoms. The predicted molar refractivity (Wildman–Crippen MR) is 182 cm³/mol. The number of hydrogen-bond acceptors (Lipinski definition) is 4. The van der Waals surface area contributed by atoms with Gasteiger partial charge in [-0.05, 0) is 104 Å². The molecule has 1 N–H and O–H groups in total. The first kappa shape index (κ1) is 35.9. The summed E-state index contributed by atoms with van der Waals surface area (Å²) in [7, 11) is -4.13. The molecule has 1 saturated heterocycles. The summed E-state index contributed by atoms with van der Waals surface area (Å²) in [5.41, 5.74) is 5.21. The molecule has 1 fully saturated rings. The second kappa shape index (κ2) is 14.4. The summed E-state index contributed by atoms with van der Waals surface area (Å²) in [6.07, 6.45) is 2.02. The van der Waals surface area contributed by atoms with Crippen molar-refractivity contribution in [1.29, 1.82) is 0 Å². The monoisotopic (exact) mass is 713 g/mol. The molecule has 6 nitrogen and oxygen atoms in total. The third-order valence-electron chi connectivity index (χ3n) is 9.87. The highest BCUT2D eigenvalue weighted by atomic mass is 32.2. The molecule has 3 aliphatic rings. The van der Waals surface area contributed by atoms with Gasteiger partial charge in [0.2, 0.25) is 10.0 Å². The first-order chi connectivity index (χ1) is 23.7. The van der Waals surface area contributed by atoms with E-state index in [9.17, 15) is 35.2 Å². The van der Waals surface area contributed by atoms with Gasteiger partial charge in [-0.15, -0.1) is 0 Å². The number of halogens is 5. The Bertz CT molecular complexity index is 1900. The zero-order valence-electron chi connectivity index (χ0n) is 27.8. The van der Waals surface area contributed by atoms with Gasteiger partial charge in [-0.3, -0.25) is 9.69 Å². The SMILES string of the molecule is C/C=C/C(F)(F)c1ccc(CN2CCC3=C(C2)c2cc(C(=O)NC4CCN(S(=O)(=O)c5cccc(C(F)(F)F)c5)CC4)ccc2CCC3)cc1. The number of rotatable bonds is 8. The lowest BCUT2D eigenvalue weighted by molar-refractivity contribution is -0.137. The molecular weight excluding hydrogens is 673 g/mol. The Kier molecular flexibility index (Phi) is 10.3. The molecule has 2 heterocycles. The van der Waals surface area contributed by atoms with E-state index in [1.54, 1.807) is 19.1 Å². The van der Waals surface area contributed by atoms with Gasteiger partial charge < -0.3 is 5.32 Å². The fraction of sp³-hybridized carbons (Fsp3) is 0.395. The van der Waals surface area contributed by atoms with Gasteiger partial charge in [0.25, 0.3) is 11.8 Å². The van der Waals surface area contributed by atoms with Crippen molar-refractivity contribution in [3.63, 3.8) is 0 Å². The van der Waals surface area contributed by atoms with Crippen LogP contribution in [-0.2, 0) is 35.1 Å². The van der Waals surface area contributed by atoms with Crippen molar-refractivity contribution in [3.05, 3.63) is 118 Å². The summed E-state index contributed by atoms with van der Waals surface area (Å²) in [5, 5.41) is 3.04. The van der Waals surface area contributed by atoms with E-state index in [4.69, 9.17) is 0 Å². The van der Waals surface area contributed by atoms with E-state index in [-0.39, 0.29) is 30.6 Å². The number of piperidine rings is 1. The van der Waals surface area contributed by atoms with Crippen LogP contribution in [0.1, 0.15) is 77.2 Å². The summed E-state index contributed by atoms with van der Waals surface area (Å²) in [6.45, 7) is 3.86. The summed E-state index contributed by atoms with van der Waals surface area (Å²) in [5.74, 6) is -3.28. The van der Waals surface area contributed by atoms with Crippen molar-refractivity contribution in [2.45, 2.75) is 75.0 Å². The molecule has 0 aromatic heterocycles. The molecule has 50 heavy (non-hydrogen) atoms. The largest absolute Gasteiger partial charge is 0.416 e. The number of alkyl halides is 5. The van der Waals surface area contributed by atoms with Crippen LogP contribution >= 0.6 is 0 Å². The maximum atomic E-state index is 14.3. The molecule has 1 amide bonds. The van der Waals surface area contributed by atoms with Crippen LogP contribution in [-0.4, -0.2) is 55.8 Å². The first-order valence-electron chi connectivity index (χ1n) is 16.9. The molecule has 3 aromatic rings. The summed E-state index contributed by atoms with van der Waals surface area (Å²) in [4.78, 5) is 15.4. The number of sulfonamides is 1. The molecule has 0 bridgehead atoms. The van der Waals surface area contributed by atoms with E-state index in [0.717, 1.165) is 67.6 Å². The van der Waals surface area contributed by atoms with E-state index < -0.39 is 32.6 Å². The third-order valence-corrected chi connectivity index (χ3v) is 11.8. The number of aryl methyl sites for hydroxylation is 1. The van der Waals surface area contributed by atoms with Crippen molar-refractivity contribution < 1.29 is 35.2 Å². The number of amides is 1. The Labute approximate surface area is 289 Å². The van der Waals surface area contributed by atoms with E-state index in [0.29, 0.717) is 37.6 Å². The standard InChI is InChI=1S/C38H40F5N3O3S/c1-2-18-37(39,40)30-13-9-26(10-14-30)24-45-19-15-28-6-3-5-27-11-12-29(22-34(27)35(28)25-45)36(47)44-32-16-20-46(21-17-32)50(48,49)33-8-4-7-31(23-33)38(41,42)43/h2,4,7-14,18,22-23,32H,3,5-6,15-17,19-21,24-25H2,1H3,(H,44,47)/b18-2+. The topological polar surface area (TPSA) is 69.7 Å². The van der Waals surface area contributed by atoms with E-state index in [1.165, 1.54) is 39.2 Å². The number of benzene rings is 3. The number of nitrogens with one attached hydrogen (secondary N) is 1. The molecule has 6 rings (SSSR count). The Hall–Kier alpha value is -3.87. The van der Waals surface area contributed by atoms with Crippen LogP contribution in [0, 0.1) is 0 Å². The van der Waals surface area contributed by atoms with Crippen molar-refractivity contribution >= 4 is 21.5 Å². The van der Waals surface area contributed by atoms with Crippen LogP contribution < -0.4 is 5.32 Å². The van der Waals surface area contributed by atoms with Crippen LogP contribution in [0.2, 0.25) is 0 Å². The molecule has 0 atom stereocenters. The van der Waals surface area contributed by atoms with E-state index in [1.807, 2.05) is 18.2 Å². The average molecular weight is 714 g/mol. The second-order valence-electron chi connectivity index (χ2n) is 13.3. The number of fused-ring (bicyclic) bond motifs is 2. The maximum absolute atomic E-state index is 14.3. The van der Waals surface area contributed by atoms with Gasteiger partial charge in [0.15, 0.2) is 0 Å². The van der Waals surface area contributed by atoms with Crippen LogP contribution in [0.3, 0.4) is 0 Å². The van der Waals surface area contributed by atoms with E-state index >= 15 is 0 Å². The van der Waals surface area contributed by atoms with Gasteiger partial charge >= 0.3 is 6.18 Å². The highest BCUT2D eigenvalue weighted by molar-refractivity contribution is 7.89. The fourth-order valence-electron chi connectivity index (χ4n) is 7.14. The Morgan fingerprint density at radius 2 is 1.64 bits per heavy atom. The normalized spacial score (nSPS) is 18.5. The van der Waals surface area contributed by atoms with E-state index in [2.05, 4.69) is 10.2 Å². The van der Waals surface area contributed by atoms with Crippen LogP contribution in [0.4, 0.5) is 22.0 Å². The lowest BCUT2D eigenvalue weighted by Crippen LogP contribution is -2.46. The molecule has 1 aliphatic carbocycles. The lowest BCUT2D eigenvalue weighted by Gasteiger charge is -2.32. The van der Waals surface area contributed by atoms with Crippen LogP contribution in [0.5, 0.6) is 0 Å². The smallest absolute Gasteiger partial charge is 0.349 e. The van der Waals surface area contributed by atoms with Crippen molar-refractivity contribution in [1.82, 2.24) is 14.5 Å². The fourth-order valence-corrected chi connectivity index (χ4v) is 8.66. The maximum Gasteiger partial charge on any atom is 0.416 e. The van der Waals surface area contributed by atoms with Crippen molar-refractivity contribution in [2.24, 2.45) is 0 Å². The highest BCUT2D eigenvalue weighted by Crippen LogP contribution is 2.37. The quantitative estimate of drug-likeness (QED) is 0.190. The zero-order valence-corrected chi connectivity index (χ0v) is 28.6. The number of allylic oxidation sites excluding steroid dienone is 2. The Morgan fingerprint density at radius 1 is 0.900 bits per heavy atom. The summed E-state index contributed by atoms with van der Waals surface area (Å²) >= 11 is 0. The minimum Gasteiger partial charge on any atom is -0.349 e. The van der Waals surface area contributed by atoms with Gasteiger partial charge in [-0.2, -0.15) is 26.3 Å². The summed E-state index contributed by atoms with van der Waals surface area (Å²) < 4.78 is 95.6. The zero-order chi connectivity index (χ0) is 35.7. The molecule has 3 aromatic carbocycles. The van der Waals surface area contributed by atoms with Crippen LogP contribution in [0.15, 0.2) is 89.4 Å². The van der Waals surface area contributed by atoms with Crippen molar-refractivity contribution in [3.8, 4) is 0 Å². The van der Waals surface area contributed by atoms with Crippen LogP contribution in [0.25, 0.3) is 5.57 Å². The molecule has 12 heteroatoms. The Morgan fingerprint density at radius 3 is 2.34 bits per heavy atom. The number of carbonyl (C=O) groups is 1. The van der Waals surface area contributed by atoms with Gasteiger partial charge in [0.05, 0.1) is 10.5 Å². The second-order valence-corrected chi connectivity index (χ2v) is 15.2. The number of hydrogen-bond donors (Lipinski definition) is 1. The molecule has 0 unspecified atom stereocenters. The lowest BCUT2D eigenvalue weighted by atomic mass is 9.90. The minimum atomic E-state index is -4.66. The molecule has 0 saturated carbocycles. The molecule has 266 valence electrons. The van der Waals surface area contributed by atoms with Crippen molar-refractivity contribution in [2.75, 3.05) is 26.2 Å².